The van der Waals surface area contributed by atoms with Gasteiger partial charge >= 0.3 is 5.97 Å². The van der Waals surface area contributed by atoms with Crippen LogP contribution in [0.25, 0.3) is 0 Å². The van der Waals surface area contributed by atoms with Crippen LogP contribution in [-0.2, 0) is 9.59 Å². The van der Waals surface area contributed by atoms with E-state index in [1.165, 1.54) is 30.5 Å². The number of amides is 1. The zero-order valence-corrected chi connectivity index (χ0v) is 16.5. The van der Waals surface area contributed by atoms with Gasteiger partial charge in [-0.3, -0.25) is 9.59 Å². The molecule has 0 aromatic heterocycles. The van der Waals surface area contributed by atoms with E-state index in [1.54, 1.807) is 30.3 Å². The summed E-state index contributed by atoms with van der Waals surface area (Å²) < 4.78 is 13.0. The number of carboxylic acid groups (broad SMARTS) is 1. The first-order valence-electron chi connectivity index (χ1n) is 9.06. The number of halogens is 2. The van der Waals surface area contributed by atoms with Crippen molar-refractivity contribution in [2.24, 2.45) is 10.5 Å². The first-order chi connectivity index (χ1) is 13.8. The van der Waals surface area contributed by atoms with Crippen molar-refractivity contribution >= 4 is 29.7 Å². The van der Waals surface area contributed by atoms with E-state index < -0.39 is 23.2 Å². The SMILES string of the molecule is CC1=CCC(C(=O)O)(C(=O)NN=Cc2ccc(F)cc2)C(c2ccc(Cl)cc2)C1. The summed E-state index contributed by atoms with van der Waals surface area (Å²) in [7, 11) is 0. The number of hydrogen-bond acceptors (Lipinski definition) is 3. The Kier molecular flexibility index (Phi) is 6.13. The number of allylic oxidation sites excluding steroid dienone is 2. The Labute approximate surface area is 172 Å². The summed E-state index contributed by atoms with van der Waals surface area (Å²) in [4.78, 5) is 25.4. The molecular weight excluding hydrogens is 395 g/mol. The molecule has 1 amide bonds. The highest BCUT2D eigenvalue weighted by molar-refractivity contribution is 6.30. The fourth-order valence-corrected chi connectivity index (χ4v) is 3.68. The van der Waals surface area contributed by atoms with Gasteiger partial charge in [0.05, 0.1) is 6.21 Å². The molecule has 5 nitrogen and oxygen atoms in total. The maximum Gasteiger partial charge on any atom is 0.320 e. The number of hydrogen-bond donors (Lipinski definition) is 2. The molecule has 1 aliphatic carbocycles. The standard InChI is InChI=1S/C22H20ClFN2O3/c1-14-10-11-22(21(28)29,19(12-14)16-4-6-17(23)7-5-16)20(27)26-25-13-15-2-8-18(24)9-3-15/h2-10,13,19H,11-12H2,1H3,(H,26,27)(H,28,29). The highest BCUT2D eigenvalue weighted by Gasteiger charge is 2.53. The van der Waals surface area contributed by atoms with E-state index in [4.69, 9.17) is 11.6 Å². The third-order valence-electron chi connectivity index (χ3n) is 5.20. The highest BCUT2D eigenvalue weighted by Crippen LogP contribution is 2.47. The Morgan fingerprint density at radius 2 is 1.86 bits per heavy atom. The summed E-state index contributed by atoms with van der Waals surface area (Å²) in [6.07, 6.45) is 3.61. The Balaban J connectivity index is 1.91. The van der Waals surface area contributed by atoms with Crippen LogP contribution in [0, 0.1) is 11.2 Å². The quantitative estimate of drug-likeness (QED) is 0.326. The number of carboxylic acids is 1. The maximum atomic E-state index is 13.0. The van der Waals surface area contributed by atoms with Crippen LogP contribution >= 0.6 is 11.6 Å². The Morgan fingerprint density at radius 1 is 1.21 bits per heavy atom. The molecule has 1 aliphatic rings. The van der Waals surface area contributed by atoms with Crippen molar-refractivity contribution < 1.29 is 19.1 Å². The zero-order valence-electron chi connectivity index (χ0n) is 15.7. The van der Waals surface area contributed by atoms with E-state index in [1.807, 2.05) is 6.92 Å². The van der Waals surface area contributed by atoms with Crippen LogP contribution in [0.3, 0.4) is 0 Å². The van der Waals surface area contributed by atoms with Crippen LogP contribution in [0.15, 0.2) is 65.3 Å². The minimum Gasteiger partial charge on any atom is -0.480 e. The minimum absolute atomic E-state index is 0.0549. The van der Waals surface area contributed by atoms with Gasteiger partial charge in [0.1, 0.15) is 5.82 Å². The molecule has 0 heterocycles. The molecule has 0 radical (unpaired) electrons. The monoisotopic (exact) mass is 414 g/mol. The topological polar surface area (TPSA) is 78.8 Å². The first kappa shape index (κ1) is 20.7. The molecule has 2 aromatic rings. The molecule has 0 saturated carbocycles. The molecule has 29 heavy (non-hydrogen) atoms. The molecular formula is C22H20ClFN2O3. The lowest BCUT2D eigenvalue weighted by molar-refractivity contribution is -0.158. The summed E-state index contributed by atoms with van der Waals surface area (Å²) in [6, 6.07) is 12.4. The van der Waals surface area contributed by atoms with E-state index in [0.29, 0.717) is 17.0 Å². The summed E-state index contributed by atoms with van der Waals surface area (Å²) in [6.45, 7) is 1.92. The number of aliphatic carboxylic acids is 1. The fourth-order valence-electron chi connectivity index (χ4n) is 3.55. The molecule has 7 heteroatoms. The third kappa shape index (κ3) is 4.38. The van der Waals surface area contributed by atoms with E-state index >= 15 is 0 Å². The molecule has 150 valence electrons. The summed E-state index contributed by atoms with van der Waals surface area (Å²) in [5.74, 6) is -2.86. The van der Waals surface area contributed by atoms with Crippen LogP contribution in [0.1, 0.15) is 36.8 Å². The van der Waals surface area contributed by atoms with Crippen LogP contribution in [0.2, 0.25) is 5.02 Å². The van der Waals surface area contributed by atoms with Gasteiger partial charge in [-0.1, -0.05) is 47.5 Å². The van der Waals surface area contributed by atoms with E-state index in [2.05, 4.69) is 10.5 Å². The van der Waals surface area contributed by atoms with Gasteiger partial charge < -0.3 is 5.11 Å². The van der Waals surface area contributed by atoms with Crippen LogP contribution in [0.4, 0.5) is 4.39 Å². The number of hydrazone groups is 1. The predicted octanol–water partition coefficient (Wildman–Crippen LogP) is 4.52. The van der Waals surface area contributed by atoms with Crippen LogP contribution in [0.5, 0.6) is 0 Å². The number of rotatable bonds is 5. The van der Waals surface area contributed by atoms with Gasteiger partial charge in [-0.2, -0.15) is 5.10 Å². The average Bonchev–Trinajstić information content (AvgIpc) is 2.70. The van der Waals surface area contributed by atoms with Crippen molar-refractivity contribution in [2.75, 3.05) is 0 Å². The fraction of sp³-hybridized carbons (Fsp3) is 0.227. The molecule has 2 aromatic carbocycles. The largest absolute Gasteiger partial charge is 0.480 e. The normalized spacial score (nSPS) is 21.6. The average molecular weight is 415 g/mol. The lowest BCUT2D eigenvalue weighted by Gasteiger charge is -2.38. The minimum atomic E-state index is -1.70. The Morgan fingerprint density at radius 3 is 2.48 bits per heavy atom. The number of benzene rings is 2. The van der Waals surface area contributed by atoms with Crippen LogP contribution < -0.4 is 5.43 Å². The van der Waals surface area contributed by atoms with E-state index in [-0.39, 0.29) is 12.2 Å². The molecule has 0 bridgehead atoms. The Hall–Kier alpha value is -2.99. The lowest BCUT2D eigenvalue weighted by atomic mass is 9.64. The number of nitrogens with zero attached hydrogens (tertiary/aromatic N) is 1. The van der Waals surface area contributed by atoms with E-state index in [0.717, 1.165) is 11.1 Å². The second-order valence-electron chi connectivity index (χ2n) is 7.09. The first-order valence-corrected chi connectivity index (χ1v) is 9.44. The molecule has 2 atom stereocenters. The number of nitrogens with one attached hydrogen (secondary N) is 1. The molecule has 2 unspecified atom stereocenters. The van der Waals surface area contributed by atoms with Crippen molar-refractivity contribution in [1.82, 2.24) is 5.43 Å². The molecule has 2 N–H and O–H groups in total. The number of carbonyl (C=O) groups excluding carboxylic acids is 1. The molecule has 0 fully saturated rings. The Bertz CT molecular complexity index is 971. The van der Waals surface area contributed by atoms with Gasteiger partial charge in [-0.25, -0.2) is 9.82 Å². The zero-order chi connectivity index (χ0) is 21.0. The highest BCUT2D eigenvalue weighted by atomic mass is 35.5. The van der Waals surface area contributed by atoms with Crippen molar-refractivity contribution in [2.45, 2.75) is 25.7 Å². The van der Waals surface area contributed by atoms with Crippen LogP contribution in [-0.4, -0.2) is 23.2 Å². The van der Waals surface area contributed by atoms with Gasteiger partial charge in [0.15, 0.2) is 5.41 Å². The predicted molar refractivity (Wildman–Crippen MR) is 109 cm³/mol. The van der Waals surface area contributed by atoms with Gasteiger partial charge in [0.25, 0.3) is 5.91 Å². The van der Waals surface area contributed by atoms with Crippen molar-refractivity contribution in [3.63, 3.8) is 0 Å². The molecule has 3 rings (SSSR count). The summed E-state index contributed by atoms with van der Waals surface area (Å²) in [5.41, 5.74) is 2.98. The maximum absolute atomic E-state index is 13.0. The van der Waals surface area contributed by atoms with Gasteiger partial charge in [0.2, 0.25) is 0 Å². The number of carbonyl (C=O) groups is 2. The second kappa shape index (κ2) is 8.57. The second-order valence-corrected chi connectivity index (χ2v) is 7.53. The molecule has 0 spiro atoms. The summed E-state index contributed by atoms with van der Waals surface area (Å²) in [5, 5.41) is 14.5. The molecule has 0 saturated heterocycles. The molecule has 0 aliphatic heterocycles. The van der Waals surface area contributed by atoms with Gasteiger partial charge in [0, 0.05) is 10.9 Å². The van der Waals surface area contributed by atoms with Gasteiger partial charge in [-0.15, -0.1) is 0 Å². The van der Waals surface area contributed by atoms with Crippen molar-refractivity contribution in [3.05, 3.63) is 82.1 Å². The smallest absolute Gasteiger partial charge is 0.320 e. The van der Waals surface area contributed by atoms with Crippen molar-refractivity contribution in [1.29, 1.82) is 0 Å². The lowest BCUT2D eigenvalue weighted by Crippen LogP contribution is -2.50. The van der Waals surface area contributed by atoms with E-state index in [9.17, 15) is 19.1 Å². The van der Waals surface area contributed by atoms with Crippen molar-refractivity contribution in [3.8, 4) is 0 Å². The summed E-state index contributed by atoms with van der Waals surface area (Å²) >= 11 is 5.96. The van der Waals surface area contributed by atoms with Gasteiger partial charge in [-0.05, 0) is 55.2 Å². The third-order valence-corrected chi connectivity index (χ3v) is 5.45.